The predicted octanol–water partition coefficient (Wildman–Crippen LogP) is 5.19. The molecule has 0 aliphatic rings. The smallest absolute Gasteiger partial charge is 0.270 e. The minimum absolute atomic E-state index is 0.0261. The highest BCUT2D eigenvalue weighted by atomic mass is 35.5. The Hall–Kier alpha value is -2.73. The van der Waals surface area contributed by atoms with Gasteiger partial charge in [0.2, 0.25) is 5.91 Å². The molecule has 9 nitrogen and oxygen atoms in total. The first-order valence-electron chi connectivity index (χ1n) is 8.69. The lowest BCUT2D eigenvalue weighted by Crippen LogP contribution is -2.22. The molecule has 0 aliphatic carbocycles. The summed E-state index contributed by atoms with van der Waals surface area (Å²) in [6, 6.07) is 7.72. The van der Waals surface area contributed by atoms with E-state index < -0.39 is 10.2 Å². The number of halogens is 2. The van der Waals surface area contributed by atoms with Crippen LogP contribution in [0.5, 0.6) is 0 Å². The Kier molecular flexibility index (Phi) is 6.10. The average molecular weight is 495 g/mol. The second-order valence-corrected chi connectivity index (χ2v) is 9.29. The molecule has 158 valence electrons. The summed E-state index contributed by atoms with van der Waals surface area (Å²) < 4.78 is 1.63. The van der Waals surface area contributed by atoms with Gasteiger partial charge in [-0.3, -0.25) is 19.3 Å². The Labute approximate surface area is 193 Å². The van der Waals surface area contributed by atoms with E-state index in [4.69, 9.17) is 23.2 Å². The Morgan fingerprint density at radius 2 is 2.13 bits per heavy atom. The molecule has 4 rings (SSSR count). The number of nitrogens with one attached hydrogen (secondary N) is 1. The van der Waals surface area contributed by atoms with E-state index in [0.717, 1.165) is 0 Å². The molecular weight excluding hydrogens is 483 g/mol. The van der Waals surface area contributed by atoms with Crippen molar-refractivity contribution in [1.29, 1.82) is 0 Å². The lowest BCUT2D eigenvalue weighted by molar-refractivity contribution is -0.384. The fourth-order valence-corrected chi connectivity index (χ4v) is 4.70. The van der Waals surface area contributed by atoms with Crippen LogP contribution in [0.3, 0.4) is 0 Å². The molecule has 1 unspecified atom stereocenters. The highest BCUT2D eigenvalue weighted by Crippen LogP contribution is 2.30. The number of carbonyl (C=O) groups is 1. The number of pyridine rings is 1. The monoisotopic (exact) mass is 494 g/mol. The lowest BCUT2D eigenvalue weighted by atomic mass is 10.1. The number of hydrogen-bond donors (Lipinski definition) is 1. The number of nitro benzene ring substituents is 1. The van der Waals surface area contributed by atoms with Gasteiger partial charge < -0.3 is 5.32 Å². The lowest BCUT2D eigenvalue weighted by Gasteiger charge is -2.09. The van der Waals surface area contributed by atoms with E-state index in [-0.39, 0.29) is 11.6 Å². The van der Waals surface area contributed by atoms with Crippen molar-refractivity contribution in [3.63, 3.8) is 0 Å². The molecular formula is C18H12Cl2N6O3S2. The number of hydrogen-bond acceptors (Lipinski definition) is 8. The van der Waals surface area contributed by atoms with E-state index in [1.165, 1.54) is 35.2 Å². The first-order chi connectivity index (χ1) is 14.8. The van der Waals surface area contributed by atoms with Gasteiger partial charge in [-0.05, 0) is 13.0 Å². The minimum atomic E-state index is -0.518. The minimum Gasteiger partial charge on any atom is -0.301 e. The zero-order valence-electron chi connectivity index (χ0n) is 15.7. The summed E-state index contributed by atoms with van der Waals surface area (Å²) in [5.74, 6) is -0.283. The number of nitrogens with zero attached hydrogens (tertiary/aromatic N) is 5. The molecule has 0 bridgehead atoms. The molecule has 1 atom stereocenters. The first-order valence-corrected chi connectivity index (χ1v) is 11.2. The summed E-state index contributed by atoms with van der Waals surface area (Å²) in [6.45, 7) is 1.72. The topological polar surface area (TPSA) is 115 Å². The normalized spacial score (nSPS) is 12.1. The maximum Gasteiger partial charge on any atom is 0.270 e. The number of aromatic nitrogens is 4. The second kappa shape index (κ2) is 8.79. The number of thioether (sulfide) groups is 1. The van der Waals surface area contributed by atoms with E-state index in [1.807, 2.05) is 0 Å². The zero-order chi connectivity index (χ0) is 22.1. The molecule has 4 aromatic rings. The van der Waals surface area contributed by atoms with Crippen LogP contribution in [-0.2, 0) is 4.79 Å². The van der Waals surface area contributed by atoms with Gasteiger partial charge in [-0.2, -0.15) is 0 Å². The van der Waals surface area contributed by atoms with E-state index >= 15 is 0 Å². The van der Waals surface area contributed by atoms with Crippen molar-refractivity contribution < 1.29 is 9.72 Å². The molecule has 0 radical (unpaired) electrons. The maximum atomic E-state index is 12.6. The van der Waals surface area contributed by atoms with Crippen LogP contribution in [0, 0.1) is 10.1 Å². The van der Waals surface area contributed by atoms with Crippen LogP contribution in [0.25, 0.3) is 16.9 Å². The molecule has 1 amide bonds. The fraction of sp³-hybridized carbons (Fsp3) is 0.111. The quantitative estimate of drug-likeness (QED) is 0.222. The van der Waals surface area contributed by atoms with Gasteiger partial charge >= 0.3 is 0 Å². The van der Waals surface area contributed by atoms with Gasteiger partial charge in [-0.1, -0.05) is 47.1 Å². The van der Waals surface area contributed by atoms with Gasteiger partial charge in [0.1, 0.15) is 0 Å². The molecule has 1 N–H and O–H groups in total. The Morgan fingerprint density at radius 1 is 1.32 bits per heavy atom. The standard InChI is InChI=1S/C18H12Cl2N6O3S2/c1-9(31-18-24-23-15-13(20)6-11(19)7-25(15)18)16(27)22-17-21-14(8-30-17)10-3-2-4-12(5-10)26(28)29/h2-9H,1H3,(H,21,22,27). The Bertz CT molecular complexity index is 1310. The van der Waals surface area contributed by atoms with E-state index in [1.54, 1.807) is 41.1 Å². The highest BCUT2D eigenvalue weighted by Gasteiger charge is 2.20. The van der Waals surface area contributed by atoms with Crippen molar-refractivity contribution in [3.8, 4) is 11.3 Å². The van der Waals surface area contributed by atoms with Crippen LogP contribution in [0.1, 0.15) is 6.92 Å². The Morgan fingerprint density at radius 3 is 2.90 bits per heavy atom. The van der Waals surface area contributed by atoms with Crippen LogP contribution in [0.2, 0.25) is 10.0 Å². The Balaban J connectivity index is 1.47. The number of thiazole rings is 1. The van der Waals surface area contributed by atoms with Crippen molar-refractivity contribution in [2.75, 3.05) is 5.32 Å². The molecule has 0 saturated heterocycles. The number of amides is 1. The van der Waals surface area contributed by atoms with Crippen LogP contribution < -0.4 is 5.32 Å². The molecule has 31 heavy (non-hydrogen) atoms. The summed E-state index contributed by atoms with van der Waals surface area (Å²) in [5, 5.41) is 24.7. The summed E-state index contributed by atoms with van der Waals surface area (Å²) in [5.41, 5.74) is 1.55. The number of carbonyl (C=O) groups excluding carboxylic acids is 1. The summed E-state index contributed by atoms with van der Waals surface area (Å²) in [4.78, 5) is 27.5. The summed E-state index contributed by atoms with van der Waals surface area (Å²) >= 11 is 14.6. The van der Waals surface area contributed by atoms with Crippen LogP contribution in [0.4, 0.5) is 10.8 Å². The summed E-state index contributed by atoms with van der Waals surface area (Å²) in [6.07, 6.45) is 1.63. The number of nitro groups is 1. The van der Waals surface area contributed by atoms with Crippen LogP contribution in [-0.4, -0.2) is 35.7 Å². The van der Waals surface area contributed by atoms with Crippen molar-refractivity contribution in [1.82, 2.24) is 19.6 Å². The molecule has 0 aliphatic heterocycles. The second-order valence-electron chi connectivity index (χ2n) is 6.28. The highest BCUT2D eigenvalue weighted by molar-refractivity contribution is 8.00. The number of non-ortho nitro benzene ring substituents is 1. The maximum absolute atomic E-state index is 12.6. The van der Waals surface area contributed by atoms with Crippen molar-refractivity contribution in [3.05, 3.63) is 62.1 Å². The molecule has 1 aromatic carbocycles. The number of anilines is 1. The van der Waals surface area contributed by atoms with Crippen LogP contribution >= 0.6 is 46.3 Å². The van der Waals surface area contributed by atoms with Gasteiger partial charge in [0.15, 0.2) is 15.9 Å². The van der Waals surface area contributed by atoms with Gasteiger partial charge in [0.05, 0.1) is 25.9 Å². The van der Waals surface area contributed by atoms with Crippen LogP contribution in [0.15, 0.2) is 47.1 Å². The van der Waals surface area contributed by atoms with Crippen molar-refractivity contribution in [2.45, 2.75) is 17.3 Å². The number of rotatable bonds is 6. The largest absolute Gasteiger partial charge is 0.301 e. The zero-order valence-corrected chi connectivity index (χ0v) is 18.8. The SMILES string of the molecule is CC(Sc1nnc2c(Cl)cc(Cl)cn12)C(=O)Nc1nc(-c2cccc([N+](=O)[O-])c2)cs1. The molecule has 0 saturated carbocycles. The molecule has 3 aromatic heterocycles. The van der Waals surface area contributed by atoms with Gasteiger partial charge in [0.25, 0.3) is 5.69 Å². The third-order valence-electron chi connectivity index (χ3n) is 4.13. The van der Waals surface area contributed by atoms with E-state index in [2.05, 4.69) is 20.5 Å². The van der Waals surface area contributed by atoms with E-state index in [9.17, 15) is 14.9 Å². The number of fused-ring (bicyclic) bond motifs is 1. The third-order valence-corrected chi connectivity index (χ3v) is 6.43. The molecule has 0 spiro atoms. The molecule has 13 heteroatoms. The third kappa shape index (κ3) is 4.64. The van der Waals surface area contributed by atoms with E-state index in [0.29, 0.717) is 37.2 Å². The number of benzene rings is 1. The van der Waals surface area contributed by atoms with Gasteiger partial charge in [0, 0.05) is 29.3 Å². The van der Waals surface area contributed by atoms with Gasteiger partial charge in [-0.15, -0.1) is 21.5 Å². The molecule has 0 fully saturated rings. The molecule has 3 heterocycles. The first kappa shape index (κ1) is 21.5. The predicted molar refractivity (Wildman–Crippen MR) is 121 cm³/mol. The van der Waals surface area contributed by atoms with Gasteiger partial charge in [-0.25, -0.2) is 4.98 Å². The van der Waals surface area contributed by atoms with Crippen molar-refractivity contribution in [2.24, 2.45) is 0 Å². The average Bonchev–Trinajstić information content (AvgIpc) is 3.35. The summed E-state index contributed by atoms with van der Waals surface area (Å²) in [7, 11) is 0. The van der Waals surface area contributed by atoms with Crippen molar-refractivity contribution >= 4 is 68.7 Å². The fourth-order valence-electron chi connectivity index (χ4n) is 2.64.